The van der Waals surface area contributed by atoms with Crippen molar-refractivity contribution in [3.8, 4) is 16.9 Å². The first-order valence-electron chi connectivity index (χ1n) is 5.77. The molecule has 0 aliphatic carbocycles. The van der Waals surface area contributed by atoms with Crippen LogP contribution in [0.3, 0.4) is 0 Å². The van der Waals surface area contributed by atoms with Gasteiger partial charge in [-0.15, -0.1) is 0 Å². The normalized spacial score (nSPS) is 10.2. The van der Waals surface area contributed by atoms with Gasteiger partial charge in [-0.1, -0.05) is 24.3 Å². The summed E-state index contributed by atoms with van der Waals surface area (Å²) in [7, 11) is 1.50. The lowest BCUT2D eigenvalue weighted by Gasteiger charge is -2.09. The third kappa shape index (κ3) is 2.71. The Morgan fingerprint density at radius 3 is 2.42 bits per heavy atom. The standard InChI is InChI=1S/C14H14N2O3/c1-19-14-8-12(16(17)18)6-7-13(14)11-4-2-10(9-15)3-5-11/h2-8H,9,15H2,1H3. The molecule has 0 aliphatic heterocycles. The van der Waals surface area contributed by atoms with Gasteiger partial charge in [0.05, 0.1) is 18.1 Å². The topological polar surface area (TPSA) is 78.4 Å². The van der Waals surface area contributed by atoms with Crippen LogP contribution in [-0.2, 0) is 6.54 Å². The Bertz CT molecular complexity index is 594. The van der Waals surface area contributed by atoms with Crippen molar-refractivity contribution in [1.82, 2.24) is 0 Å². The molecule has 5 nitrogen and oxygen atoms in total. The van der Waals surface area contributed by atoms with Gasteiger partial charge >= 0.3 is 0 Å². The second-order valence-electron chi connectivity index (χ2n) is 4.04. The summed E-state index contributed by atoms with van der Waals surface area (Å²) in [4.78, 5) is 10.3. The summed E-state index contributed by atoms with van der Waals surface area (Å²) in [6.45, 7) is 0.484. The minimum absolute atomic E-state index is 0.0131. The first-order chi connectivity index (χ1) is 9.15. The summed E-state index contributed by atoms with van der Waals surface area (Å²) in [5, 5.41) is 10.7. The van der Waals surface area contributed by atoms with Crippen molar-refractivity contribution < 1.29 is 9.66 Å². The fourth-order valence-corrected chi connectivity index (χ4v) is 1.85. The summed E-state index contributed by atoms with van der Waals surface area (Å²) in [5.41, 5.74) is 8.34. The molecule has 0 unspecified atom stereocenters. The van der Waals surface area contributed by atoms with E-state index >= 15 is 0 Å². The van der Waals surface area contributed by atoms with Gasteiger partial charge in [-0.3, -0.25) is 10.1 Å². The molecule has 0 amide bonds. The highest BCUT2D eigenvalue weighted by atomic mass is 16.6. The molecule has 0 radical (unpaired) electrons. The average Bonchev–Trinajstić information content (AvgIpc) is 2.46. The van der Waals surface area contributed by atoms with Crippen LogP contribution in [0.5, 0.6) is 5.75 Å². The Morgan fingerprint density at radius 2 is 1.89 bits per heavy atom. The van der Waals surface area contributed by atoms with Gasteiger partial charge in [0, 0.05) is 18.2 Å². The van der Waals surface area contributed by atoms with E-state index in [0.717, 1.165) is 16.7 Å². The number of benzene rings is 2. The molecule has 2 rings (SSSR count). The highest BCUT2D eigenvalue weighted by Gasteiger charge is 2.12. The Hall–Kier alpha value is -2.40. The number of nitro benzene ring substituents is 1. The van der Waals surface area contributed by atoms with Gasteiger partial charge < -0.3 is 10.5 Å². The highest BCUT2D eigenvalue weighted by Crippen LogP contribution is 2.33. The van der Waals surface area contributed by atoms with Crippen LogP contribution in [0.4, 0.5) is 5.69 Å². The second kappa shape index (κ2) is 5.49. The van der Waals surface area contributed by atoms with Crippen LogP contribution < -0.4 is 10.5 Å². The Balaban J connectivity index is 2.45. The first-order valence-corrected chi connectivity index (χ1v) is 5.77. The SMILES string of the molecule is COc1cc([N+](=O)[O-])ccc1-c1ccc(CN)cc1. The van der Waals surface area contributed by atoms with E-state index < -0.39 is 4.92 Å². The Kier molecular flexibility index (Phi) is 3.77. The molecule has 2 aromatic carbocycles. The maximum atomic E-state index is 10.7. The fraction of sp³-hybridized carbons (Fsp3) is 0.143. The smallest absolute Gasteiger partial charge is 0.273 e. The summed E-state index contributed by atoms with van der Waals surface area (Å²) >= 11 is 0. The molecule has 2 aromatic rings. The number of rotatable bonds is 4. The third-order valence-electron chi connectivity index (χ3n) is 2.90. The van der Waals surface area contributed by atoms with Crippen LogP contribution in [0.15, 0.2) is 42.5 Å². The number of nitro groups is 1. The summed E-state index contributed by atoms with van der Waals surface area (Å²) in [6.07, 6.45) is 0. The lowest BCUT2D eigenvalue weighted by molar-refractivity contribution is -0.384. The van der Waals surface area contributed by atoms with Crippen molar-refractivity contribution in [2.45, 2.75) is 6.54 Å². The van der Waals surface area contributed by atoms with E-state index in [0.29, 0.717) is 12.3 Å². The zero-order chi connectivity index (χ0) is 13.8. The number of non-ortho nitro benzene ring substituents is 1. The van der Waals surface area contributed by atoms with E-state index in [1.807, 2.05) is 24.3 Å². The Morgan fingerprint density at radius 1 is 1.21 bits per heavy atom. The second-order valence-corrected chi connectivity index (χ2v) is 4.04. The minimum atomic E-state index is -0.441. The molecule has 0 saturated heterocycles. The van der Waals surface area contributed by atoms with Gasteiger partial charge in [-0.25, -0.2) is 0 Å². The van der Waals surface area contributed by atoms with Crippen molar-refractivity contribution in [2.75, 3.05) is 7.11 Å². The zero-order valence-electron chi connectivity index (χ0n) is 10.5. The zero-order valence-corrected chi connectivity index (χ0v) is 10.5. The van der Waals surface area contributed by atoms with Gasteiger partial charge in [0.2, 0.25) is 0 Å². The molecule has 5 heteroatoms. The van der Waals surface area contributed by atoms with Crippen molar-refractivity contribution in [2.24, 2.45) is 5.73 Å². The van der Waals surface area contributed by atoms with Gasteiger partial charge in [-0.2, -0.15) is 0 Å². The quantitative estimate of drug-likeness (QED) is 0.675. The van der Waals surface area contributed by atoms with Gasteiger partial charge in [-0.05, 0) is 17.2 Å². The molecule has 0 aromatic heterocycles. The number of ether oxygens (including phenoxy) is 1. The number of hydrogen-bond acceptors (Lipinski definition) is 4. The fourth-order valence-electron chi connectivity index (χ4n) is 1.85. The molecular formula is C14H14N2O3. The van der Waals surface area contributed by atoms with Crippen LogP contribution in [0, 0.1) is 10.1 Å². The van der Waals surface area contributed by atoms with E-state index in [4.69, 9.17) is 10.5 Å². The molecule has 19 heavy (non-hydrogen) atoms. The maximum Gasteiger partial charge on any atom is 0.273 e. The van der Waals surface area contributed by atoms with Crippen molar-refractivity contribution in [3.05, 3.63) is 58.1 Å². The van der Waals surface area contributed by atoms with E-state index in [-0.39, 0.29) is 5.69 Å². The monoisotopic (exact) mass is 258 g/mol. The molecule has 0 atom stereocenters. The van der Waals surface area contributed by atoms with Gasteiger partial charge in [0.1, 0.15) is 5.75 Å². The molecule has 98 valence electrons. The van der Waals surface area contributed by atoms with Crippen LogP contribution in [0.2, 0.25) is 0 Å². The molecular weight excluding hydrogens is 244 g/mol. The molecule has 2 N–H and O–H groups in total. The van der Waals surface area contributed by atoms with Crippen LogP contribution in [0.25, 0.3) is 11.1 Å². The van der Waals surface area contributed by atoms with Crippen LogP contribution in [-0.4, -0.2) is 12.0 Å². The van der Waals surface area contributed by atoms with Crippen molar-refractivity contribution in [3.63, 3.8) is 0 Å². The molecule has 0 fully saturated rings. The molecule has 0 saturated carbocycles. The summed E-state index contributed by atoms with van der Waals surface area (Å²) < 4.78 is 5.22. The lowest BCUT2D eigenvalue weighted by Crippen LogP contribution is -1.96. The number of nitrogens with zero attached hydrogens (tertiary/aromatic N) is 1. The number of hydrogen-bond donors (Lipinski definition) is 1. The van der Waals surface area contributed by atoms with Crippen LogP contribution >= 0.6 is 0 Å². The Labute approximate surface area is 110 Å². The van der Waals surface area contributed by atoms with Gasteiger partial charge in [0.25, 0.3) is 5.69 Å². The summed E-state index contributed by atoms with van der Waals surface area (Å²) in [6, 6.07) is 12.3. The average molecular weight is 258 g/mol. The highest BCUT2D eigenvalue weighted by molar-refractivity contribution is 5.72. The molecule has 0 spiro atoms. The van der Waals surface area contributed by atoms with E-state index in [2.05, 4.69) is 0 Å². The van der Waals surface area contributed by atoms with Crippen molar-refractivity contribution in [1.29, 1.82) is 0 Å². The largest absolute Gasteiger partial charge is 0.496 e. The van der Waals surface area contributed by atoms with Gasteiger partial charge in [0.15, 0.2) is 0 Å². The van der Waals surface area contributed by atoms with E-state index in [1.165, 1.54) is 19.2 Å². The maximum absolute atomic E-state index is 10.7. The van der Waals surface area contributed by atoms with E-state index in [1.54, 1.807) is 6.07 Å². The predicted octanol–water partition coefficient (Wildman–Crippen LogP) is 2.73. The summed E-state index contributed by atoms with van der Waals surface area (Å²) in [5.74, 6) is 0.481. The first kappa shape index (κ1) is 13.0. The minimum Gasteiger partial charge on any atom is -0.496 e. The molecule has 0 aliphatic rings. The molecule has 0 heterocycles. The third-order valence-corrected chi connectivity index (χ3v) is 2.90. The van der Waals surface area contributed by atoms with Crippen molar-refractivity contribution >= 4 is 5.69 Å². The molecule has 0 bridgehead atoms. The number of nitrogens with two attached hydrogens (primary N) is 1. The number of methoxy groups -OCH3 is 1. The predicted molar refractivity (Wildman–Crippen MR) is 73.0 cm³/mol. The van der Waals surface area contributed by atoms with Crippen LogP contribution in [0.1, 0.15) is 5.56 Å². The lowest BCUT2D eigenvalue weighted by atomic mass is 10.0. The van der Waals surface area contributed by atoms with E-state index in [9.17, 15) is 10.1 Å².